The van der Waals surface area contributed by atoms with Gasteiger partial charge in [-0.25, -0.2) is 0 Å². The fourth-order valence-electron chi connectivity index (χ4n) is 2.54. The second-order valence-electron chi connectivity index (χ2n) is 6.78. The Kier molecular flexibility index (Phi) is 4.03. The van der Waals surface area contributed by atoms with E-state index >= 15 is 0 Å². The quantitative estimate of drug-likeness (QED) is 0.716. The Hall–Kier alpha value is -0.430. The highest BCUT2D eigenvalue weighted by atomic mass is 32.1. The second kappa shape index (κ2) is 4.68. The molecule has 0 saturated carbocycles. The van der Waals surface area contributed by atoms with Crippen LogP contribution in [-0.4, -0.2) is 5.75 Å². The molecule has 0 heterocycles. The van der Waals surface area contributed by atoms with E-state index in [1.807, 2.05) is 0 Å². The Morgan fingerprint density at radius 2 is 1.35 bits per heavy atom. The van der Waals surface area contributed by atoms with E-state index in [4.69, 9.17) is 0 Å². The molecule has 0 aromatic heterocycles. The van der Waals surface area contributed by atoms with Gasteiger partial charge in [-0.05, 0) is 52.7 Å². The van der Waals surface area contributed by atoms with Crippen molar-refractivity contribution in [2.24, 2.45) is 0 Å². The molecule has 96 valence electrons. The Balaban J connectivity index is 3.40. The number of hydrogen-bond donors (Lipinski definition) is 1. The summed E-state index contributed by atoms with van der Waals surface area (Å²) < 4.78 is 0. The van der Waals surface area contributed by atoms with E-state index in [1.165, 1.54) is 22.3 Å². The fourth-order valence-corrected chi connectivity index (χ4v) is 2.70. The van der Waals surface area contributed by atoms with Crippen LogP contribution in [0.2, 0.25) is 0 Å². The van der Waals surface area contributed by atoms with Gasteiger partial charge in [0.1, 0.15) is 0 Å². The van der Waals surface area contributed by atoms with Gasteiger partial charge in [-0.15, -0.1) is 0 Å². The molecule has 1 aromatic carbocycles. The van der Waals surface area contributed by atoms with Gasteiger partial charge in [0.25, 0.3) is 0 Å². The number of thiol groups is 1. The van der Waals surface area contributed by atoms with Gasteiger partial charge in [0.2, 0.25) is 0 Å². The molecular weight excluding hydrogens is 224 g/mol. The van der Waals surface area contributed by atoms with Crippen molar-refractivity contribution in [1.29, 1.82) is 0 Å². The van der Waals surface area contributed by atoms with Gasteiger partial charge < -0.3 is 0 Å². The zero-order chi connectivity index (χ0) is 13.4. The Labute approximate surface area is 112 Å². The minimum absolute atomic E-state index is 0.147. The number of aryl methyl sites for hydroxylation is 2. The van der Waals surface area contributed by atoms with Gasteiger partial charge in [0, 0.05) is 0 Å². The Bertz CT molecular complexity index is 385. The van der Waals surface area contributed by atoms with Crippen LogP contribution >= 0.6 is 12.6 Å². The lowest BCUT2D eigenvalue weighted by molar-refractivity contribution is 0.576. The molecule has 1 heteroatoms. The summed E-state index contributed by atoms with van der Waals surface area (Å²) in [6.45, 7) is 15.8. The molecule has 0 radical (unpaired) electrons. The summed E-state index contributed by atoms with van der Waals surface area (Å²) in [6, 6.07) is 4.68. The highest BCUT2D eigenvalue weighted by molar-refractivity contribution is 7.80. The van der Waals surface area contributed by atoms with Gasteiger partial charge in [-0.3, -0.25) is 0 Å². The maximum absolute atomic E-state index is 4.49. The minimum atomic E-state index is 0.147. The summed E-state index contributed by atoms with van der Waals surface area (Å²) >= 11 is 4.49. The molecule has 0 bridgehead atoms. The van der Waals surface area contributed by atoms with Crippen LogP contribution in [0.1, 0.15) is 56.9 Å². The van der Waals surface area contributed by atoms with Crippen LogP contribution < -0.4 is 0 Å². The molecule has 0 saturated heterocycles. The molecule has 0 unspecified atom stereocenters. The van der Waals surface area contributed by atoms with Gasteiger partial charge in [-0.1, -0.05) is 46.8 Å². The van der Waals surface area contributed by atoms with Crippen LogP contribution in [0, 0.1) is 13.8 Å². The molecule has 1 aromatic rings. The third kappa shape index (κ3) is 3.07. The molecular formula is C16H26S. The first-order valence-corrected chi connectivity index (χ1v) is 6.96. The Morgan fingerprint density at radius 1 is 0.941 bits per heavy atom. The zero-order valence-electron chi connectivity index (χ0n) is 12.3. The SMILES string of the molecule is Cc1cc(C(C)(C)C)cc(C)c1C(C)(C)CS. The van der Waals surface area contributed by atoms with Crippen molar-refractivity contribution < 1.29 is 0 Å². The maximum Gasteiger partial charge on any atom is -0.000563 e. The predicted molar refractivity (Wildman–Crippen MR) is 81.5 cm³/mol. The monoisotopic (exact) mass is 250 g/mol. The number of benzene rings is 1. The minimum Gasteiger partial charge on any atom is -0.178 e. The average Bonchev–Trinajstić information content (AvgIpc) is 2.14. The summed E-state index contributed by atoms with van der Waals surface area (Å²) in [4.78, 5) is 0. The first kappa shape index (κ1) is 14.6. The van der Waals surface area contributed by atoms with E-state index in [0.717, 1.165) is 5.75 Å². The van der Waals surface area contributed by atoms with Crippen molar-refractivity contribution in [2.75, 3.05) is 5.75 Å². The third-order valence-corrected chi connectivity index (χ3v) is 4.26. The van der Waals surface area contributed by atoms with Crippen LogP contribution in [0.5, 0.6) is 0 Å². The van der Waals surface area contributed by atoms with Crippen LogP contribution in [0.25, 0.3) is 0 Å². The van der Waals surface area contributed by atoms with E-state index in [2.05, 4.69) is 73.2 Å². The first-order chi connectivity index (χ1) is 7.59. The standard InChI is InChI=1S/C16H26S/c1-11-8-13(15(3,4)5)9-12(2)14(11)16(6,7)10-17/h8-9,17H,10H2,1-7H3. The maximum atomic E-state index is 4.49. The molecule has 0 N–H and O–H groups in total. The molecule has 0 aliphatic rings. The molecule has 0 fully saturated rings. The molecule has 0 spiro atoms. The number of rotatable bonds is 2. The van der Waals surface area contributed by atoms with Gasteiger partial charge >= 0.3 is 0 Å². The van der Waals surface area contributed by atoms with E-state index < -0.39 is 0 Å². The van der Waals surface area contributed by atoms with Crippen molar-refractivity contribution in [3.63, 3.8) is 0 Å². The van der Waals surface area contributed by atoms with E-state index in [0.29, 0.717) is 0 Å². The van der Waals surface area contributed by atoms with Crippen LogP contribution in [0.4, 0.5) is 0 Å². The largest absolute Gasteiger partial charge is 0.178 e. The number of hydrogen-bond acceptors (Lipinski definition) is 1. The summed E-state index contributed by atoms with van der Waals surface area (Å²) in [5.74, 6) is 0.879. The van der Waals surface area contributed by atoms with E-state index in [1.54, 1.807) is 0 Å². The third-order valence-electron chi connectivity index (χ3n) is 3.47. The van der Waals surface area contributed by atoms with Crippen molar-refractivity contribution in [2.45, 2.75) is 59.3 Å². The molecule has 0 atom stereocenters. The first-order valence-electron chi connectivity index (χ1n) is 6.32. The summed E-state index contributed by atoms with van der Waals surface area (Å²) in [6.07, 6.45) is 0. The normalized spacial score (nSPS) is 12.9. The Morgan fingerprint density at radius 3 is 1.65 bits per heavy atom. The molecule has 0 amide bonds. The summed E-state index contributed by atoms with van der Waals surface area (Å²) in [5.41, 5.74) is 6.04. The van der Waals surface area contributed by atoms with Crippen molar-refractivity contribution in [3.05, 3.63) is 34.4 Å². The molecule has 0 aliphatic heterocycles. The van der Waals surface area contributed by atoms with E-state index in [9.17, 15) is 0 Å². The van der Waals surface area contributed by atoms with Gasteiger partial charge in [-0.2, -0.15) is 12.6 Å². The van der Waals surface area contributed by atoms with Gasteiger partial charge in [0.05, 0.1) is 0 Å². The van der Waals surface area contributed by atoms with Crippen molar-refractivity contribution in [1.82, 2.24) is 0 Å². The lowest BCUT2D eigenvalue weighted by atomic mass is 9.77. The van der Waals surface area contributed by atoms with Crippen LogP contribution in [0.3, 0.4) is 0 Å². The van der Waals surface area contributed by atoms with Crippen molar-refractivity contribution in [3.8, 4) is 0 Å². The molecule has 17 heavy (non-hydrogen) atoms. The molecule has 0 nitrogen and oxygen atoms in total. The predicted octanol–water partition coefficient (Wildman–Crippen LogP) is 4.81. The summed E-state index contributed by atoms with van der Waals surface area (Å²) in [5, 5.41) is 0. The fraction of sp³-hybridized carbons (Fsp3) is 0.625. The highest BCUT2D eigenvalue weighted by Crippen LogP contribution is 2.34. The van der Waals surface area contributed by atoms with E-state index in [-0.39, 0.29) is 10.8 Å². The van der Waals surface area contributed by atoms with Crippen LogP contribution in [0.15, 0.2) is 12.1 Å². The topological polar surface area (TPSA) is 0 Å². The smallest absolute Gasteiger partial charge is 0.000563 e. The van der Waals surface area contributed by atoms with Crippen LogP contribution in [-0.2, 0) is 10.8 Å². The average molecular weight is 250 g/mol. The highest BCUT2D eigenvalue weighted by Gasteiger charge is 2.25. The van der Waals surface area contributed by atoms with Crippen molar-refractivity contribution >= 4 is 12.6 Å². The van der Waals surface area contributed by atoms with Gasteiger partial charge in [0.15, 0.2) is 0 Å². The second-order valence-corrected chi connectivity index (χ2v) is 7.09. The zero-order valence-corrected chi connectivity index (χ0v) is 13.2. The lowest BCUT2D eigenvalue weighted by Crippen LogP contribution is -2.23. The summed E-state index contributed by atoms with van der Waals surface area (Å²) in [7, 11) is 0. The molecule has 0 aliphatic carbocycles. The lowest BCUT2D eigenvalue weighted by Gasteiger charge is -2.30. The molecule has 1 rings (SSSR count).